The first-order valence-corrected chi connectivity index (χ1v) is 6.50. The summed E-state index contributed by atoms with van der Waals surface area (Å²) in [5.41, 5.74) is 0.682. The van der Waals surface area contributed by atoms with Crippen LogP contribution in [0.15, 0.2) is 24.3 Å². The van der Waals surface area contributed by atoms with Crippen LogP contribution in [0.5, 0.6) is 5.75 Å². The molecule has 4 nitrogen and oxygen atoms in total. The van der Waals surface area contributed by atoms with Crippen LogP contribution < -0.4 is 4.74 Å². The number of benzene rings is 1. The number of ether oxygens (including phenoxy) is 2. The van der Waals surface area contributed by atoms with Gasteiger partial charge in [-0.05, 0) is 44.0 Å². The summed E-state index contributed by atoms with van der Waals surface area (Å²) in [5, 5.41) is 0. The van der Waals surface area contributed by atoms with Gasteiger partial charge in [0, 0.05) is 18.4 Å². The highest BCUT2D eigenvalue weighted by atomic mass is 16.5. The van der Waals surface area contributed by atoms with Gasteiger partial charge >= 0.3 is 5.97 Å². The molecule has 1 rings (SSSR count). The lowest BCUT2D eigenvalue weighted by Crippen LogP contribution is -2.02. The second kappa shape index (κ2) is 8.29. The van der Waals surface area contributed by atoms with Gasteiger partial charge in [-0.1, -0.05) is 0 Å². The molecule has 0 saturated carbocycles. The Balaban J connectivity index is 2.34. The van der Waals surface area contributed by atoms with E-state index in [4.69, 9.17) is 4.74 Å². The fourth-order valence-corrected chi connectivity index (χ4v) is 1.71. The topological polar surface area (TPSA) is 52.6 Å². The number of methoxy groups -OCH3 is 1. The second-order valence-electron chi connectivity index (χ2n) is 4.16. The lowest BCUT2D eigenvalue weighted by molar-refractivity contribution is -0.140. The van der Waals surface area contributed by atoms with E-state index in [1.54, 1.807) is 24.3 Å². The van der Waals surface area contributed by atoms with Gasteiger partial charge < -0.3 is 9.47 Å². The van der Waals surface area contributed by atoms with Crippen molar-refractivity contribution in [3.8, 4) is 5.75 Å². The van der Waals surface area contributed by atoms with Crippen LogP contribution in [0.1, 0.15) is 43.0 Å². The Morgan fingerprint density at radius 1 is 1.05 bits per heavy atom. The van der Waals surface area contributed by atoms with Crippen LogP contribution in [-0.2, 0) is 9.53 Å². The molecule has 19 heavy (non-hydrogen) atoms. The fourth-order valence-electron chi connectivity index (χ4n) is 1.71. The fraction of sp³-hybridized carbons (Fsp3) is 0.467. The van der Waals surface area contributed by atoms with Gasteiger partial charge in [-0.3, -0.25) is 9.59 Å². The third kappa shape index (κ3) is 5.55. The van der Waals surface area contributed by atoms with Crippen molar-refractivity contribution in [1.29, 1.82) is 0 Å². The summed E-state index contributed by atoms with van der Waals surface area (Å²) in [6.07, 6.45) is 2.19. The van der Waals surface area contributed by atoms with Crippen molar-refractivity contribution >= 4 is 11.8 Å². The van der Waals surface area contributed by atoms with Crippen molar-refractivity contribution in [2.75, 3.05) is 13.7 Å². The summed E-state index contributed by atoms with van der Waals surface area (Å²) in [6.45, 7) is 2.53. The predicted molar refractivity (Wildman–Crippen MR) is 72.4 cm³/mol. The molecule has 0 fully saturated rings. The van der Waals surface area contributed by atoms with E-state index in [9.17, 15) is 9.59 Å². The van der Waals surface area contributed by atoms with E-state index in [0.717, 1.165) is 5.75 Å². The zero-order valence-electron chi connectivity index (χ0n) is 11.5. The molecule has 1 aromatic carbocycles. The van der Waals surface area contributed by atoms with Crippen LogP contribution >= 0.6 is 0 Å². The first-order valence-electron chi connectivity index (χ1n) is 6.50. The van der Waals surface area contributed by atoms with Crippen molar-refractivity contribution < 1.29 is 19.1 Å². The lowest BCUT2D eigenvalue weighted by Gasteiger charge is -2.04. The number of esters is 1. The molecule has 0 unspecified atom stereocenters. The molecule has 0 spiro atoms. The molecule has 0 aliphatic rings. The van der Waals surface area contributed by atoms with Gasteiger partial charge in [-0.2, -0.15) is 0 Å². The molecule has 0 aromatic heterocycles. The van der Waals surface area contributed by atoms with Crippen LogP contribution in [0, 0.1) is 0 Å². The number of hydrogen-bond donors (Lipinski definition) is 0. The third-order valence-corrected chi connectivity index (χ3v) is 2.75. The Hall–Kier alpha value is -1.84. The Morgan fingerprint density at radius 3 is 2.26 bits per heavy atom. The van der Waals surface area contributed by atoms with Gasteiger partial charge in [-0.25, -0.2) is 0 Å². The highest BCUT2D eigenvalue weighted by Crippen LogP contribution is 2.14. The standard InChI is InChI=1S/C15H20O4/c1-3-19-13-10-8-12(9-11-13)14(16)6-4-5-7-15(17)18-2/h8-11H,3-7H2,1-2H3. The van der Waals surface area contributed by atoms with Crippen molar-refractivity contribution in [3.63, 3.8) is 0 Å². The molecule has 0 heterocycles. The summed E-state index contributed by atoms with van der Waals surface area (Å²) in [4.78, 5) is 22.8. The van der Waals surface area contributed by atoms with Gasteiger partial charge in [0.15, 0.2) is 5.78 Å². The average molecular weight is 264 g/mol. The Kier molecular flexibility index (Phi) is 6.64. The smallest absolute Gasteiger partial charge is 0.305 e. The quantitative estimate of drug-likeness (QED) is 0.411. The van der Waals surface area contributed by atoms with Gasteiger partial charge in [0.2, 0.25) is 0 Å². The number of carbonyl (C=O) groups is 2. The van der Waals surface area contributed by atoms with Gasteiger partial charge in [0.05, 0.1) is 13.7 Å². The van der Waals surface area contributed by atoms with Crippen LogP contribution in [0.25, 0.3) is 0 Å². The molecule has 0 bridgehead atoms. The maximum Gasteiger partial charge on any atom is 0.305 e. The van der Waals surface area contributed by atoms with Crippen LogP contribution in [0.4, 0.5) is 0 Å². The van der Waals surface area contributed by atoms with E-state index in [-0.39, 0.29) is 11.8 Å². The van der Waals surface area contributed by atoms with Gasteiger partial charge in [0.25, 0.3) is 0 Å². The number of unbranched alkanes of at least 4 members (excludes halogenated alkanes) is 1. The number of ketones is 1. The molecule has 1 aromatic rings. The SMILES string of the molecule is CCOc1ccc(C(=O)CCCCC(=O)OC)cc1. The van der Waals surface area contributed by atoms with Crippen molar-refractivity contribution in [2.45, 2.75) is 32.6 Å². The number of hydrogen-bond acceptors (Lipinski definition) is 4. The summed E-state index contributed by atoms with van der Waals surface area (Å²) >= 11 is 0. The molecule has 0 aliphatic heterocycles. The minimum absolute atomic E-state index is 0.0907. The second-order valence-corrected chi connectivity index (χ2v) is 4.16. The first kappa shape index (κ1) is 15.2. The summed E-state index contributed by atoms with van der Waals surface area (Å²) in [7, 11) is 1.37. The number of Topliss-reactive ketones (excluding diaryl/α,β-unsaturated/α-hetero) is 1. The number of rotatable bonds is 8. The molecular weight excluding hydrogens is 244 g/mol. The largest absolute Gasteiger partial charge is 0.494 e. The monoisotopic (exact) mass is 264 g/mol. The van der Waals surface area contributed by atoms with Gasteiger partial charge in [0.1, 0.15) is 5.75 Å². The van der Waals surface area contributed by atoms with E-state index >= 15 is 0 Å². The van der Waals surface area contributed by atoms with E-state index in [0.29, 0.717) is 37.9 Å². The summed E-state index contributed by atoms with van der Waals surface area (Å²) in [6, 6.07) is 7.14. The van der Waals surface area contributed by atoms with E-state index < -0.39 is 0 Å². The predicted octanol–water partition coefficient (Wildman–Crippen LogP) is 3.00. The molecule has 0 atom stereocenters. The maximum absolute atomic E-state index is 11.9. The Morgan fingerprint density at radius 2 is 1.68 bits per heavy atom. The average Bonchev–Trinajstić information content (AvgIpc) is 2.44. The molecule has 0 radical (unpaired) electrons. The normalized spacial score (nSPS) is 10.0. The number of carbonyl (C=O) groups excluding carboxylic acids is 2. The first-order chi connectivity index (χ1) is 9.17. The van der Waals surface area contributed by atoms with Crippen LogP contribution in [-0.4, -0.2) is 25.5 Å². The minimum atomic E-state index is -0.228. The van der Waals surface area contributed by atoms with E-state index in [1.165, 1.54) is 7.11 Å². The Bertz CT molecular complexity index is 409. The molecule has 0 aliphatic carbocycles. The zero-order chi connectivity index (χ0) is 14.1. The van der Waals surface area contributed by atoms with Crippen LogP contribution in [0.3, 0.4) is 0 Å². The highest BCUT2D eigenvalue weighted by molar-refractivity contribution is 5.96. The van der Waals surface area contributed by atoms with Crippen molar-refractivity contribution in [3.05, 3.63) is 29.8 Å². The lowest BCUT2D eigenvalue weighted by atomic mass is 10.0. The van der Waals surface area contributed by atoms with Gasteiger partial charge in [-0.15, -0.1) is 0 Å². The maximum atomic E-state index is 11.9. The summed E-state index contributed by atoms with van der Waals surface area (Å²) < 4.78 is 9.86. The third-order valence-electron chi connectivity index (χ3n) is 2.75. The minimum Gasteiger partial charge on any atom is -0.494 e. The van der Waals surface area contributed by atoms with E-state index in [1.807, 2.05) is 6.92 Å². The van der Waals surface area contributed by atoms with E-state index in [2.05, 4.69) is 4.74 Å². The zero-order valence-corrected chi connectivity index (χ0v) is 11.5. The molecule has 4 heteroatoms. The van der Waals surface area contributed by atoms with Crippen molar-refractivity contribution in [1.82, 2.24) is 0 Å². The molecular formula is C15H20O4. The van der Waals surface area contributed by atoms with Crippen molar-refractivity contribution in [2.24, 2.45) is 0 Å². The highest BCUT2D eigenvalue weighted by Gasteiger charge is 2.07. The summed E-state index contributed by atoms with van der Waals surface area (Å²) in [5.74, 6) is 0.631. The molecule has 104 valence electrons. The molecule has 0 amide bonds. The Labute approximate surface area is 113 Å². The molecule has 0 saturated heterocycles. The van der Waals surface area contributed by atoms with Crippen LogP contribution in [0.2, 0.25) is 0 Å². The molecule has 0 N–H and O–H groups in total.